The summed E-state index contributed by atoms with van der Waals surface area (Å²) in [6.45, 7) is 5.27. The summed E-state index contributed by atoms with van der Waals surface area (Å²) < 4.78 is 0.873. The maximum absolute atomic E-state index is 11.9. The number of carbonyl (C=O) groups is 2. The number of amides is 1. The van der Waals surface area contributed by atoms with Gasteiger partial charge < -0.3 is 10.4 Å². The highest BCUT2D eigenvalue weighted by molar-refractivity contribution is 9.10. The van der Waals surface area contributed by atoms with Crippen molar-refractivity contribution in [3.63, 3.8) is 0 Å². The molecule has 1 aromatic rings. The Morgan fingerprint density at radius 3 is 2.72 bits per heavy atom. The molecular weight excluding hydrogens is 298 g/mol. The van der Waals surface area contributed by atoms with Crippen molar-refractivity contribution in [2.24, 2.45) is 0 Å². The minimum absolute atomic E-state index is 0.191. The molecule has 18 heavy (non-hydrogen) atoms. The highest BCUT2D eigenvalue weighted by Crippen LogP contribution is 2.16. The van der Waals surface area contributed by atoms with Gasteiger partial charge in [-0.3, -0.25) is 4.79 Å². The van der Waals surface area contributed by atoms with Crippen LogP contribution >= 0.6 is 15.9 Å². The van der Waals surface area contributed by atoms with Crippen LogP contribution in [0.3, 0.4) is 0 Å². The van der Waals surface area contributed by atoms with Crippen molar-refractivity contribution in [1.29, 1.82) is 0 Å². The Hall–Kier alpha value is -1.62. The van der Waals surface area contributed by atoms with Crippen LogP contribution in [0.15, 0.2) is 35.3 Å². The number of carbonyl (C=O) groups excluding carboxylic acids is 1. The predicted molar refractivity (Wildman–Crippen MR) is 72.6 cm³/mol. The Morgan fingerprint density at radius 1 is 1.56 bits per heavy atom. The Labute approximate surface area is 114 Å². The lowest BCUT2D eigenvalue weighted by atomic mass is 10.1. The van der Waals surface area contributed by atoms with Gasteiger partial charge in [0, 0.05) is 10.0 Å². The predicted octanol–water partition coefficient (Wildman–Crippen LogP) is 2.52. The van der Waals surface area contributed by atoms with E-state index >= 15 is 0 Å². The average molecular weight is 312 g/mol. The van der Waals surface area contributed by atoms with Crippen LogP contribution in [0.1, 0.15) is 22.3 Å². The molecule has 1 atom stereocenters. The maximum Gasteiger partial charge on any atom is 0.326 e. The van der Waals surface area contributed by atoms with Crippen molar-refractivity contribution in [2.75, 3.05) is 0 Å². The van der Waals surface area contributed by atoms with Crippen molar-refractivity contribution >= 4 is 27.8 Å². The van der Waals surface area contributed by atoms with E-state index in [1.54, 1.807) is 25.1 Å². The monoisotopic (exact) mass is 311 g/mol. The van der Waals surface area contributed by atoms with Gasteiger partial charge in [-0.1, -0.05) is 22.0 Å². The molecule has 0 aliphatic heterocycles. The first-order chi connectivity index (χ1) is 8.45. The summed E-state index contributed by atoms with van der Waals surface area (Å²) in [6.07, 6.45) is 1.66. The van der Waals surface area contributed by atoms with Crippen LogP contribution in [0.2, 0.25) is 0 Å². The van der Waals surface area contributed by atoms with E-state index in [2.05, 4.69) is 27.8 Å². The van der Waals surface area contributed by atoms with Gasteiger partial charge in [-0.05, 0) is 37.1 Å². The molecule has 0 heterocycles. The lowest BCUT2D eigenvalue weighted by Crippen LogP contribution is -2.40. The number of carboxylic acid groups (broad SMARTS) is 1. The number of carboxylic acids is 1. The third-order valence-corrected chi connectivity index (χ3v) is 2.93. The first-order valence-corrected chi connectivity index (χ1v) is 6.15. The molecule has 2 N–H and O–H groups in total. The fourth-order valence-electron chi connectivity index (χ4n) is 1.51. The van der Waals surface area contributed by atoms with E-state index < -0.39 is 17.9 Å². The second-order valence-corrected chi connectivity index (χ2v) is 4.76. The molecule has 0 bridgehead atoms. The quantitative estimate of drug-likeness (QED) is 0.821. The molecule has 0 saturated carbocycles. The normalized spacial score (nSPS) is 11.7. The smallest absolute Gasteiger partial charge is 0.326 e. The Bertz CT molecular complexity index is 485. The lowest BCUT2D eigenvalue weighted by molar-refractivity contribution is -0.139. The fraction of sp³-hybridized carbons (Fsp3) is 0.231. The van der Waals surface area contributed by atoms with Gasteiger partial charge in [0.05, 0.1) is 0 Å². The van der Waals surface area contributed by atoms with Crippen LogP contribution in [-0.2, 0) is 4.79 Å². The maximum atomic E-state index is 11.9. The standard InChI is InChI=1S/C13H14BrNO3/c1-3-4-11(13(17)18)15-12(16)10-6-5-9(14)7-8(10)2/h3,5-7,11H,1,4H2,2H3,(H,15,16)(H,17,18). The minimum Gasteiger partial charge on any atom is -0.480 e. The highest BCUT2D eigenvalue weighted by atomic mass is 79.9. The molecule has 0 fully saturated rings. The van der Waals surface area contributed by atoms with E-state index in [1.807, 2.05) is 0 Å². The molecular formula is C13H14BrNO3. The number of rotatable bonds is 5. The van der Waals surface area contributed by atoms with Crippen molar-refractivity contribution in [3.8, 4) is 0 Å². The van der Waals surface area contributed by atoms with Gasteiger partial charge in [0.2, 0.25) is 0 Å². The van der Waals surface area contributed by atoms with Crippen LogP contribution in [0, 0.1) is 6.92 Å². The van der Waals surface area contributed by atoms with Crippen LogP contribution in [0.5, 0.6) is 0 Å². The van der Waals surface area contributed by atoms with Gasteiger partial charge in [-0.2, -0.15) is 0 Å². The Morgan fingerprint density at radius 2 is 2.22 bits per heavy atom. The van der Waals surface area contributed by atoms with Crippen molar-refractivity contribution < 1.29 is 14.7 Å². The van der Waals surface area contributed by atoms with E-state index in [1.165, 1.54) is 6.08 Å². The van der Waals surface area contributed by atoms with Gasteiger partial charge in [-0.25, -0.2) is 4.79 Å². The zero-order valence-electron chi connectivity index (χ0n) is 9.94. The Kier molecular flexibility index (Phi) is 5.09. The summed E-state index contributed by atoms with van der Waals surface area (Å²) >= 11 is 3.31. The topological polar surface area (TPSA) is 66.4 Å². The number of benzene rings is 1. The number of aryl methyl sites for hydroxylation is 1. The summed E-state index contributed by atoms with van der Waals surface area (Å²) in [5.74, 6) is -1.47. The van der Waals surface area contributed by atoms with Crippen LogP contribution < -0.4 is 5.32 Å². The summed E-state index contributed by atoms with van der Waals surface area (Å²) in [6, 6.07) is 4.25. The molecule has 5 heteroatoms. The van der Waals surface area contributed by atoms with Crippen LogP contribution in [-0.4, -0.2) is 23.0 Å². The second kappa shape index (κ2) is 6.35. The molecule has 0 aromatic heterocycles. The molecule has 1 amide bonds. The second-order valence-electron chi connectivity index (χ2n) is 3.85. The average Bonchev–Trinajstić information content (AvgIpc) is 2.27. The SMILES string of the molecule is C=CCC(NC(=O)c1ccc(Br)cc1C)C(=O)O. The summed E-state index contributed by atoms with van der Waals surface area (Å²) in [7, 11) is 0. The fourth-order valence-corrected chi connectivity index (χ4v) is 1.98. The molecule has 0 aliphatic rings. The summed E-state index contributed by atoms with van der Waals surface area (Å²) in [5, 5.41) is 11.4. The number of nitrogens with one attached hydrogen (secondary N) is 1. The van der Waals surface area contributed by atoms with Crippen molar-refractivity contribution in [3.05, 3.63) is 46.5 Å². The number of aliphatic carboxylic acids is 1. The van der Waals surface area contributed by atoms with Crippen LogP contribution in [0.25, 0.3) is 0 Å². The van der Waals surface area contributed by atoms with E-state index in [4.69, 9.17) is 5.11 Å². The molecule has 0 saturated heterocycles. The van der Waals surface area contributed by atoms with Gasteiger partial charge in [-0.15, -0.1) is 6.58 Å². The molecule has 96 valence electrons. The molecule has 0 radical (unpaired) electrons. The number of hydrogen-bond acceptors (Lipinski definition) is 2. The van der Waals surface area contributed by atoms with Gasteiger partial charge >= 0.3 is 5.97 Å². The van der Waals surface area contributed by atoms with E-state index in [0.717, 1.165) is 10.0 Å². The third kappa shape index (κ3) is 3.70. The Balaban J connectivity index is 2.86. The van der Waals surface area contributed by atoms with E-state index in [-0.39, 0.29) is 6.42 Å². The zero-order valence-corrected chi connectivity index (χ0v) is 11.5. The largest absolute Gasteiger partial charge is 0.480 e. The zero-order chi connectivity index (χ0) is 13.7. The highest BCUT2D eigenvalue weighted by Gasteiger charge is 2.19. The van der Waals surface area contributed by atoms with Crippen LogP contribution in [0.4, 0.5) is 0 Å². The molecule has 0 spiro atoms. The summed E-state index contributed by atoms with van der Waals surface area (Å²) in [5.41, 5.74) is 1.25. The number of hydrogen-bond donors (Lipinski definition) is 2. The molecule has 0 aliphatic carbocycles. The number of halogens is 1. The molecule has 1 rings (SSSR count). The van der Waals surface area contributed by atoms with Crippen molar-refractivity contribution in [2.45, 2.75) is 19.4 Å². The molecule has 1 aromatic carbocycles. The molecule has 1 unspecified atom stereocenters. The van der Waals surface area contributed by atoms with Gasteiger partial charge in [0.25, 0.3) is 5.91 Å². The van der Waals surface area contributed by atoms with Gasteiger partial charge in [0.1, 0.15) is 6.04 Å². The first kappa shape index (κ1) is 14.4. The summed E-state index contributed by atoms with van der Waals surface area (Å²) in [4.78, 5) is 22.9. The van der Waals surface area contributed by atoms with E-state index in [0.29, 0.717) is 5.56 Å². The lowest BCUT2D eigenvalue weighted by Gasteiger charge is -2.13. The van der Waals surface area contributed by atoms with E-state index in [9.17, 15) is 9.59 Å². The molecule has 4 nitrogen and oxygen atoms in total. The van der Waals surface area contributed by atoms with Gasteiger partial charge in [0.15, 0.2) is 0 Å². The van der Waals surface area contributed by atoms with Crippen molar-refractivity contribution in [1.82, 2.24) is 5.32 Å². The third-order valence-electron chi connectivity index (χ3n) is 2.44. The minimum atomic E-state index is -1.07. The first-order valence-electron chi connectivity index (χ1n) is 5.36.